The molecule has 3 fully saturated rings. The molecule has 1 amide bonds. The second-order valence-electron chi connectivity index (χ2n) is 9.16. The largest absolute Gasteiger partial charge is 0.391 e. The minimum Gasteiger partial charge on any atom is -0.391 e. The van der Waals surface area contributed by atoms with Gasteiger partial charge < -0.3 is 10.0 Å². The summed E-state index contributed by atoms with van der Waals surface area (Å²) in [6.07, 6.45) is 9.58. The number of aliphatic hydroxyl groups excluding tert-OH is 1. The zero-order chi connectivity index (χ0) is 20.7. The van der Waals surface area contributed by atoms with Crippen LogP contribution in [-0.4, -0.2) is 43.6 Å². The van der Waals surface area contributed by atoms with Crippen LogP contribution in [-0.2, 0) is 4.79 Å². The lowest BCUT2D eigenvalue weighted by Crippen LogP contribution is -2.50. The molecule has 30 heavy (non-hydrogen) atoms. The minimum absolute atomic E-state index is 0.0854. The Morgan fingerprint density at radius 3 is 2.50 bits per heavy atom. The van der Waals surface area contributed by atoms with Gasteiger partial charge in [-0.15, -0.1) is 5.10 Å². The summed E-state index contributed by atoms with van der Waals surface area (Å²) >= 11 is 6.09. The van der Waals surface area contributed by atoms with Crippen molar-refractivity contribution in [2.75, 3.05) is 6.54 Å². The molecule has 3 unspecified atom stereocenters. The fourth-order valence-corrected chi connectivity index (χ4v) is 5.20. The Kier molecular flexibility index (Phi) is 5.54. The average Bonchev–Trinajstić information content (AvgIpc) is 3.51. The second-order valence-corrected chi connectivity index (χ2v) is 9.60. The van der Waals surface area contributed by atoms with Crippen LogP contribution in [0.5, 0.6) is 0 Å². The van der Waals surface area contributed by atoms with Crippen LogP contribution in [0.2, 0.25) is 5.02 Å². The molecule has 1 aromatic heterocycles. The number of piperidine rings is 1. The molecule has 160 valence electrons. The van der Waals surface area contributed by atoms with Crippen LogP contribution in [0.3, 0.4) is 0 Å². The maximum atomic E-state index is 13.6. The van der Waals surface area contributed by atoms with Crippen molar-refractivity contribution in [2.45, 2.75) is 75.5 Å². The van der Waals surface area contributed by atoms with Crippen LogP contribution < -0.4 is 0 Å². The van der Waals surface area contributed by atoms with Crippen LogP contribution in [0.15, 0.2) is 30.5 Å². The highest BCUT2D eigenvalue weighted by atomic mass is 35.5. The van der Waals surface area contributed by atoms with Crippen LogP contribution in [0.4, 0.5) is 0 Å². The van der Waals surface area contributed by atoms with E-state index in [9.17, 15) is 9.90 Å². The topological polar surface area (TPSA) is 71.2 Å². The predicted octanol–water partition coefficient (Wildman–Crippen LogP) is 4.26. The van der Waals surface area contributed by atoms with Gasteiger partial charge in [0.25, 0.3) is 0 Å². The summed E-state index contributed by atoms with van der Waals surface area (Å²) in [5.41, 5.74) is 2.03. The SMILES string of the molecule is O=C(C1CCCCC1)N1CC(n2cc(C3CC3)nn2)C(O)CC1c1ccc(Cl)cc1. The van der Waals surface area contributed by atoms with Gasteiger partial charge in [0.2, 0.25) is 5.91 Å². The number of hydrogen-bond donors (Lipinski definition) is 1. The fourth-order valence-electron chi connectivity index (χ4n) is 5.07. The molecular weight excluding hydrogens is 400 g/mol. The Morgan fingerprint density at radius 2 is 1.80 bits per heavy atom. The van der Waals surface area contributed by atoms with Gasteiger partial charge in [0, 0.05) is 36.0 Å². The fraction of sp³-hybridized carbons (Fsp3) is 0.609. The van der Waals surface area contributed by atoms with E-state index >= 15 is 0 Å². The summed E-state index contributed by atoms with van der Waals surface area (Å²) in [5, 5.41) is 20.3. The van der Waals surface area contributed by atoms with E-state index < -0.39 is 6.10 Å². The average molecular weight is 429 g/mol. The van der Waals surface area contributed by atoms with E-state index in [4.69, 9.17) is 11.6 Å². The first kappa shape index (κ1) is 20.0. The summed E-state index contributed by atoms with van der Waals surface area (Å²) in [7, 11) is 0. The quantitative estimate of drug-likeness (QED) is 0.789. The third-order valence-electron chi connectivity index (χ3n) is 7.02. The standard InChI is InChI=1S/C23H29ClN4O2/c24-18-10-8-16(9-11-18)20-12-22(29)21(28-13-19(25-26-28)15-6-7-15)14-27(20)23(30)17-4-2-1-3-5-17/h8-11,13,15,17,20-22,29H,1-7,12,14H2. The molecule has 7 heteroatoms. The summed E-state index contributed by atoms with van der Waals surface area (Å²) < 4.78 is 1.79. The number of carbonyl (C=O) groups excluding carboxylic acids is 1. The van der Waals surface area contributed by atoms with Crippen molar-refractivity contribution in [3.8, 4) is 0 Å². The molecule has 3 aliphatic rings. The molecule has 1 aromatic carbocycles. The number of rotatable bonds is 4. The minimum atomic E-state index is -0.588. The van der Waals surface area contributed by atoms with E-state index in [2.05, 4.69) is 10.3 Å². The van der Waals surface area contributed by atoms with E-state index in [-0.39, 0.29) is 23.9 Å². The maximum absolute atomic E-state index is 13.6. The molecule has 1 aliphatic heterocycles. The van der Waals surface area contributed by atoms with Gasteiger partial charge in [-0.05, 0) is 43.4 Å². The van der Waals surface area contributed by atoms with Gasteiger partial charge in [0.1, 0.15) is 0 Å². The number of nitrogens with zero attached hydrogens (tertiary/aromatic N) is 4. The molecular formula is C23H29ClN4O2. The number of benzene rings is 1. The normalized spacial score (nSPS) is 27.9. The van der Waals surface area contributed by atoms with Crippen LogP contribution in [0.25, 0.3) is 0 Å². The van der Waals surface area contributed by atoms with E-state index in [1.807, 2.05) is 35.4 Å². The smallest absolute Gasteiger partial charge is 0.226 e. The van der Waals surface area contributed by atoms with Gasteiger partial charge in [0.15, 0.2) is 0 Å². The van der Waals surface area contributed by atoms with Crippen molar-refractivity contribution >= 4 is 17.5 Å². The molecule has 5 rings (SSSR count). The number of halogens is 1. The maximum Gasteiger partial charge on any atom is 0.226 e. The lowest BCUT2D eigenvalue weighted by molar-refractivity contribution is -0.144. The highest BCUT2D eigenvalue weighted by Crippen LogP contribution is 2.41. The first-order chi connectivity index (χ1) is 14.6. The van der Waals surface area contributed by atoms with Crippen molar-refractivity contribution in [2.24, 2.45) is 5.92 Å². The van der Waals surface area contributed by atoms with E-state index in [1.165, 1.54) is 6.42 Å². The Bertz CT molecular complexity index is 889. The first-order valence-electron chi connectivity index (χ1n) is 11.3. The number of amides is 1. The Morgan fingerprint density at radius 1 is 1.07 bits per heavy atom. The molecule has 1 N–H and O–H groups in total. The summed E-state index contributed by atoms with van der Waals surface area (Å²) in [6, 6.07) is 7.26. The molecule has 6 nitrogen and oxygen atoms in total. The van der Waals surface area contributed by atoms with E-state index in [0.29, 0.717) is 23.9 Å². The van der Waals surface area contributed by atoms with Crippen LogP contribution >= 0.6 is 11.6 Å². The molecule has 2 heterocycles. The van der Waals surface area contributed by atoms with E-state index in [1.54, 1.807) is 4.68 Å². The molecule has 0 radical (unpaired) electrons. The summed E-state index contributed by atoms with van der Waals surface area (Å²) in [4.78, 5) is 15.6. The number of hydrogen-bond acceptors (Lipinski definition) is 4. The molecule has 2 aliphatic carbocycles. The molecule has 2 aromatic rings. The predicted molar refractivity (Wildman–Crippen MR) is 114 cm³/mol. The Balaban J connectivity index is 1.43. The first-order valence-corrected chi connectivity index (χ1v) is 11.6. The van der Waals surface area contributed by atoms with Gasteiger partial charge in [0.05, 0.1) is 23.9 Å². The Labute approximate surface area is 182 Å². The van der Waals surface area contributed by atoms with Gasteiger partial charge in [-0.1, -0.05) is 48.2 Å². The van der Waals surface area contributed by atoms with Gasteiger partial charge in [-0.25, -0.2) is 4.68 Å². The molecule has 2 saturated carbocycles. The van der Waals surface area contributed by atoms with Crippen molar-refractivity contribution in [3.63, 3.8) is 0 Å². The van der Waals surface area contributed by atoms with Gasteiger partial charge in [-0.2, -0.15) is 0 Å². The third-order valence-corrected chi connectivity index (χ3v) is 7.28. The highest BCUT2D eigenvalue weighted by molar-refractivity contribution is 6.30. The monoisotopic (exact) mass is 428 g/mol. The summed E-state index contributed by atoms with van der Waals surface area (Å²) in [5.74, 6) is 0.817. The number of likely N-dealkylation sites (tertiary alicyclic amines) is 1. The van der Waals surface area contributed by atoms with Gasteiger partial charge >= 0.3 is 0 Å². The molecule has 0 spiro atoms. The molecule has 3 atom stereocenters. The van der Waals surface area contributed by atoms with Crippen LogP contribution in [0.1, 0.15) is 80.6 Å². The number of carbonyl (C=O) groups is 1. The second kappa shape index (κ2) is 8.31. The number of aliphatic hydroxyl groups is 1. The van der Waals surface area contributed by atoms with E-state index in [0.717, 1.165) is 49.8 Å². The van der Waals surface area contributed by atoms with Gasteiger partial charge in [-0.3, -0.25) is 4.79 Å². The van der Waals surface area contributed by atoms with Crippen LogP contribution in [0, 0.1) is 5.92 Å². The zero-order valence-electron chi connectivity index (χ0n) is 17.2. The third kappa shape index (κ3) is 4.00. The number of aromatic nitrogens is 3. The van der Waals surface area contributed by atoms with Crippen molar-refractivity contribution < 1.29 is 9.90 Å². The molecule has 1 saturated heterocycles. The molecule has 0 bridgehead atoms. The lowest BCUT2D eigenvalue weighted by Gasteiger charge is -2.44. The lowest BCUT2D eigenvalue weighted by atomic mass is 9.85. The van der Waals surface area contributed by atoms with Crippen molar-refractivity contribution in [1.82, 2.24) is 19.9 Å². The zero-order valence-corrected chi connectivity index (χ0v) is 17.9. The van der Waals surface area contributed by atoms with Crippen molar-refractivity contribution in [3.05, 3.63) is 46.7 Å². The Hall–Kier alpha value is -1.92. The highest BCUT2D eigenvalue weighted by Gasteiger charge is 2.41. The van der Waals surface area contributed by atoms with Crippen molar-refractivity contribution in [1.29, 1.82) is 0 Å². The summed E-state index contributed by atoms with van der Waals surface area (Å²) in [6.45, 7) is 0.456.